The van der Waals surface area contributed by atoms with Crippen LogP contribution in [0.3, 0.4) is 0 Å². The summed E-state index contributed by atoms with van der Waals surface area (Å²) in [4.78, 5) is 11.0. The van der Waals surface area contributed by atoms with Crippen LogP contribution in [0, 0.1) is 18.3 Å². The maximum Gasteiger partial charge on any atom is 0.361 e. The lowest BCUT2D eigenvalue weighted by Gasteiger charge is -1.94. The number of aromatic amines is 1. The van der Waals surface area contributed by atoms with Crippen LogP contribution in [0.15, 0.2) is 0 Å². The Hall–Kier alpha value is -1.90. The number of carbonyl (C=O) groups is 1. The van der Waals surface area contributed by atoms with E-state index in [9.17, 15) is 4.79 Å². The molecule has 62 valence electrons. The number of hydrogen-bond acceptors (Lipinski definition) is 5. The summed E-state index contributed by atoms with van der Waals surface area (Å²) in [5.74, 6) is -0.636. The van der Waals surface area contributed by atoms with Crippen molar-refractivity contribution < 1.29 is 9.53 Å². The van der Waals surface area contributed by atoms with Crippen LogP contribution in [0.2, 0.25) is 0 Å². The minimum Gasteiger partial charge on any atom is -0.445 e. The van der Waals surface area contributed by atoms with Gasteiger partial charge in [0.25, 0.3) is 0 Å². The molecular weight excluding hydrogens is 160 g/mol. The van der Waals surface area contributed by atoms with Crippen molar-refractivity contribution in [3.8, 4) is 6.07 Å². The quantitative estimate of drug-likeness (QED) is 0.614. The Balaban J connectivity index is 2.67. The van der Waals surface area contributed by atoms with E-state index in [2.05, 4.69) is 20.1 Å². The number of nitrogens with one attached hydrogen (secondary N) is 1. The topological polar surface area (TPSA) is 91.7 Å². The second kappa shape index (κ2) is 3.48. The minimum absolute atomic E-state index is 0.116. The Morgan fingerprint density at radius 3 is 3.00 bits per heavy atom. The number of aromatic nitrogens is 3. The maximum absolute atomic E-state index is 11.0. The number of nitriles is 1. The van der Waals surface area contributed by atoms with Gasteiger partial charge >= 0.3 is 5.97 Å². The summed E-state index contributed by atoms with van der Waals surface area (Å²) in [5, 5.41) is 17.6. The van der Waals surface area contributed by atoms with Crippen LogP contribution in [0.5, 0.6) is 0 Å². The van der Waals surface area contributed by atoms with Crippen LogP contribution in [0.4, 0.5) is 0 Å². The standard InChI is InChI=1S/C6H6N4O2/c1-4-5(9-10-8-4)6(11)12-3-2-7/h3H2,1H3,(H,8,9,10). The number of aryl methyl sites for hydroxylation is 1. The van der Waals surface area contributed by atoms with E-state index in [0.29, 0.717) is 5.69 Å². The van der Waals surface area contributed by atoms with Gasteiger partial charge in [-0.2, -0.15) is 15.6 Å². The second-order valence-corrected chi connectivity index (χ2v) is 1.99. The van der Waals surface area contributed by atoms with Gasteiger partial charge in [-0.25, -0.2) is 4.79 Å². The molecule has 0 atom stereocenters. The normalized spacial score (nSPS) is 9.00. The lowest BCUT2D eigenvalue weighted by atomic mass is 10.3. The van der Waals surface area contributed by atoms with Gasteiger partial charge in [0, 0.05) is 0 Å². The molecule has 0 bridgehead atoms. The van der Waals surface area contributed by atoms with E-state index in [-0.39, 0.29) is 12.3 Å². The highest BCUT2D eigenvalue weighted by Crippen LogP contribution is 1.99. The molecule has 1 aromatic rings. The third-order valence-corrected chi connectivity index (χ3v) is 1.18. The van der Waals surface area contributed by atoms with Gasteiger partial charge in [-0.1, -0.05) is 0 Å². The fraction of sp³-hybridized carbons (Fsp3) is 0.333. The Morgan fingerprint density at radius 1 is 1.75 bits per heavy atom. The van der Waals surface area contributed by atoms with E-state index in [0.717, 1.165) is 0 Å². The van der Waals surface area contributed by atoms with Gasteiger partial charge in [0.1, 0.15) is 6.07 Å². The van der Waals surface area contributed by atoms with E-state index >= 15 is 0 Å². The lowest BCUT2D eigenvalue weighted by molar-refractivity contribution is 0.0547. The summed E-state index contributed by atoms with van der Waals surface area (Å²) in [6.07, 6.45) is 0. The molecule has 0 radical (unpaired) electrons. The zero-order valence-corrected chi connectivity index (χ0v) is 6.37. The molecule has 0 saturated heterocycles. The van der Waals surface area contributed by atoms with E-state index in [4.69, 9.17) is 5.26 Å². The van der Waals surface area contributed by atoms with Crippen molar-refractivity contribution in [2.45, 2.75) is 6.92 Å². The zero-order chi connectivity index (χ0) is 8.97. The van der Waals surface area contributed by atoms with Crippen molar-refractivity contribution in [2.24, 2.45) is 0 Å². The summed E-state index contributed by atoms with van der Waals surface area (Å²) in [7, 11) is 0. The summed E-state index contributed by atoms with van der Waals surface area (Å²) < 4.78 is 4.49. The number of ether oxygens (including phenoxy) is 1. The van der Waals surface area contributed by atoms with Gasteiger partial charge in [0.15, 0.2) is 12.3 Å². The predicted molar refractivity (Wildman–Crippen MR) is 37.0 cm³/mol. The van der Waals surface area contributed by atoms with Gasteiger partial charge in [-0.3, -0.25) is 0 Å². The Bertz CT molecular complexity index is 325. The van der Waals surface area contributed by atoms with Gasteiger partial charge in [0.05, 0.1) is 5.69 Å². The molecule has 0 unspecified atom stereocenters. The molecule has 1 rings (SSSR count). The molecule has 6 nitrogen and oxygen atoms in total. The molecule has 0 amide bonds. The third kappa shape index (κ3) is 1.58. The van der Waals surface area contributed by atoms with Crippen LogP contribution < -0.4 is 0 Å². The number of nitrogens with zero attached hydrogens (tertiary/aromatic N) is 3. The van der Waals surface area contributed by atoms with Crippen LogP contribution in [-0.2, 0) is 4.74 Å². The maximum atomic E-state index is 11.0. The Morgan fingerprint density at radius 2 is 2.50 bits per heavy atom. The average molecular weight is 166 g/mol. The molecule has 1 N–H and O–H groups in total. The minimum atomic E-state index is -0.636. The first-order chi connectivity index (χ1) is 5.75. The lowest BCUT2D eigenvalue weighted by Crippen LogP contribution is -2.07. The fourth-order valence-electron chi connectivity index (χ4n) is 0.643. The van der Waals surface area contributed by atoms with Crippen molar-refractivity contribution in [1.82, 2.24) is 15.4 Å². The Labute approximate surface area is 68.1 Å². The van der Waals surface area contributed by atoms with Crippen molar-refractivity contribution >= 4 is 5.97 Å². The summed E-state index contributed by atoms with van der Waals surface area (Å²) >= 11 is 0. The molecule has 12 heavy (non-hydrogen) atoms. The first kappa shape index (κ1) is 8.20. The van der Waals surface area contributed by atoms with Crippen molar-refractivity contribution in [1.29, 1.82) is 5.26 Å². The molecule has 0 saturated carbocycles. The monoisotopic (exact) mass is 166 g/mol. The van der Waals surface area contributed by atoms with E-state index in [1.165, 1.54) is 0 Å². The van der Waals surface area contributed by atoms with E-state index in [1.54, 1.807) is 13.0 Å². The molecule has 1 aromatic heterocycles. The van der Waals surface area contributed by atoms with Gasteiger partial charge < -0.3 is 4.74 Å². The molecular formula is C6H6N4O2. The van der Waals surface area contributed by atoms with Crippen molar-refractivity contribution in [3.63, 3.8) is 0 Å². The molecule has 0 aliphatic rings. The fourth-order valence-corrected chi connectivity index (χ4v) is 0.643. The first-order valence-corrected chi connectivity index (χ1v) is 3.17. The Kier molecular flexibility index (Phi) is 2.38. The summed E-state index contributed by atoms with van der Waals surface area (Å²) in [6.45, 7) is 1.34. The van der Waals surface area contributed by atoms with Crippen LogP contribution >= 0.6 is 0 Å². The average Bonchev–Trinajstić information content (AvgIpc) is 2.47. The summed E-state index contributed by atoms with van der Waals surface area (Å²) in [6, 6.07) is 1.68. The van der Waals surface area contributed by atoms with Crippen LogP contribution in [0.25, 0.3) is 0 Å². The van der Waals surface area contributed by atoms with Gasteiger partial charge in [0.2, 0.25) is 0 Å². The molecule has 0 aliphatic heterocycles. The first-order valence-electron chi connectivity index (χ1n) is 3.17. The highest BCUT2D eigenvalue weighted by atomic mass is 16.5. The predicted octanol–water partition coefficient (Wildman–Crippen LogP) is -0.207. The number of hydrogen-bond donors (Lipinski definition) is 1. The number of carbonyl (C=O) groups excluding carboxylic acids is 1. The SMILES string of the molecule is Cc1n[nH]nc1C(=O)OCC#N. The molecule has 0 spiro atoms. The molecule has 0 aromatic carbocycles. The molecule has 6 heteroatoms. The van der Waals surface area contributed by atoms with Crippen molar-refractivity contribution in [3.05, 3.63) is 11.4 Å². The second-order valence-electron chi connectivity index (χ2n) is 1.99. The summed E-state index contributed by atoms with van der Waals surface area (Å²) in [5.41, 5.74) is 0.572. The number of rotatable bonds is 2. The van der Waals surface area contributed by atoms with Crippen LogP contribution in [0.1, 0.15) is 16.2 Å². The third-order valence-electron chi connectivity index (χ3n) is 1.18. The largest absolute Gasteiger partial charge is 0.445 e. The van der Waals surface area contributed by atoms with Gasteiger partial charge in [-0.05, 0) is 6.92 Å². The van der Waals surface area contributed by atoms with E-state index in [1.807, 2.05) is 0 Å². The van der Waals surface area contributed by atoms with Gasteiger partial charge in [-0.15, -0.1) is 5.10 Å². The highest BCUT2D eigenvalue weighted by Gasteiger charge is 2.13. The number of esters is 1. The molecule has 0 fully saturated rings. The molecule has 1 heterocycles. The van der Waals surface area contributed by atoms with Crippen LogP contribution in [-0.4, -0.2) is 28.0 Å². The smallest absolute Gasteiger partial charge is 0.361 e. The highest BCUT2D eigenvalue weighted by molar-refractivity contribution is 5.88. The zero-order valence-electron chi connectivity index (χ0n) is 6.37. The molecule has 0 aliphatic carbocycles. The van der Waals surface area contributed by atoms with Crippen molar-refractivity contribution in [2.75, 3.05) is 6.61 Å². The number of H-pyrrole nitrogens is 1. The van der Waals surface area contributed by atoms with E-state index < -0.39 is 5.97 Å².